The number of carboxylic acid groups (broad SMARTS) is 1. The molecule has 0 bridgehead atoms. The summed E-state index contributed by atoms with van der Waals surface area (Å²) < 4.78 is 0. The van der Waals surface area contributed by atoms with Crippen molar-refractivity contribution in [3.63, 3.8) is 0 Å². The molecule has 1 saturated heterocycles. The van der Waals surface area contributed by atoms with Crippen LogP contribution in [0.2, 0.25) is 0 Å². The van der Waals surface area contributed by atoms with E-state index >= 15 is 0 Å². The van der Waals surface area contributed by atoms with Crippen LogP contribution in [0, 0.1) is 0 Å². The number of aromatic carboxylic acids is 1. The third kappa shape index (κ3) is 5.68. The van der Waals surface area contributed by atoms with E-state index in [9.17, 15) is 4.79 Å². The first kappa shape index (κ1) is 18.6. The molecule has 4 heteroatoms. The standard InChI is InChI=1S/C22H28N2O2/c25-22(26)21-7-5-6-20(14-21)16-23-15-18-8-10-19(11-9-18)17-24-12-3-1-2-4-13-24/h5-11,14,23H,1-4,12-13,15-17H2,(H,25,26). The Morgan fingerprint density at radius 1 is 0.885 bits per heavy atom. The van der Waals surface area contributed by atoms with Gasteiger partial charge in [-0.15, -0.1) is 0 Å². The minimum atomic E-state index is -0.883. The monoisotopic (exact) mass is 352 g/mol. The molecule has 0 spiro atoms. The van der Waals surface area contributed by atoms with E-state index in [1.54, 1.807) is 18.2 Å². The maximum absolute atomic E-state index is 11.0. The van der Waals surface area contributed by atoms with E-state index in [4.69, 9.17) is 5.11 Å². The van der Waals surface area contributed by atoms with Gasteiger partial charge in [-0.2, -0.15) is 0 Å². The van der Waals surface area contributed by atoms with Crippen molar-refractivity contribution in [3.05, 3.63) is 70.8 Å². The molecule has 0 aromatic heterocycles. The molecule has 0 amide bonds. The first-order valence-electron chi connectivity index (χ1n) is 9.54. The number of likely N-dealkylation sites (tertiary alicyclic amines) is 1. The van der Waals surface area contributed by atoms with Crippen LogP contribution in [0.25, 0.3) is 0 Å². The van der Waals surface area contributed by atoms with Crippen LogP contribution < -0.4 is 5.32 Å². The minimum absolute atomic E-state index is 0.335. The van der Waals surface area contributed by atoms with Crippen LogP contribution in [0.3, 0.4) is 0 Å². The van der Waals surface area contributed by atoms with Gasteiger partial charge in [0.25, 0.3) is 0 Å². The molecule has 1 fully saturated rings. The summed E-state index contributed by atoms with van der Waals surface area (Å²) in [4.78, 5) is 13.6. The molecule has 2 aromatic carbocycles. The van der Waals surface area contributed by atoms with E-state index in [2.05, 4.69) is 34.5 Å². The summed E-state index contributed by atoms with van der Waals surface area (Å²) in [5.74, 6) is -0.883. The highest BCUT2D eigenvalue weighted by Crippen LogP contribution is 2.14. The Morgan fingerprint density at radius 3 is 2.23 bits per heavy atom. The van der Waals surface area contributed by atoms with Gasteiger partial charge >= 0.3 is 5.97 Å². The van der Waals surface area contributed by atoms with Crippen molar-refractivity contribution < 1.29 is 9.90 Å². The lowest BCUT2D eigenvalue weighted by Gasteiger charge is -2.19. The van der Waals surface area contributed by atoms with Gasteiger partial charge < -0.3 is 10.4 Å². The molecule has 2 N–H and O–H groups in total. The summed E-state index contributed by atoms with van der Waals surface area (Å²) in [7, 11) is 0. The predicted octanol–water partition coefficient (Wildman–Crippen LogP) is 4.05. The summed E-state index contributed by atoms with van der Waals surface area (Å²) in [5.41, 5.74) is 3.95. The minimum Gasteiger partial charge on any atom is -0.478 e. The van der Waals surface area contributed by atoms with Gasteiger partial charge in [0.05, 0.1) is 5.56 Å². The number of carboxylic acids is 1. The lowest BCUT2D eigenvalue weighted by Crippen LogP contribution is -2.23. The van der Waals surface area contributed by atoms with Crippen LogP contribution in [-0.4, -0.2) is 29.1 Å². The van der Waals surface area contributed by atoms with Crippen molar-refractivity contribution in [1.29, 1.82) is 0 Å². The fourth-order valence-electron chi connectivity index (χ4n) is 3.48. The van der Waals surface area contributed by atoms with Crippen molar-refractivity contribution in [1.82, 2.24) is 10.2 Å². The van der Waals surface area contributed by atoms with Crippen LogP contribution in [-0.2, 0) is 19.6 Å². The number of benzene rings is 2. The highest BCUT2D eigenvalue weighted by molar-refractivity contribution is 5.87. The largest absolute Gasteiger partial charge is 0.478 e. The molecule has 1 heterocycles. The van der Waals surface area contributed by atoms with E-state index in [1.165, 1.54) is 49.9 Å². The van der Waals surface area contributed by atoms with Gasteiger partial charge in [-0.25, -0.2) is 4.79 Å². The normalized spacial score (nSPS) is 15.5. The average molecular weight is 352 g/mol. The average Bonchev–Trinajstić information content (AvgIpc) is 2.92. The summed E-state index contributed by atoms with van der Waals surface area (Å²) in [6.45, 7) is 4.94. The molecule has 0 atom stereocenters. The second-order valence-corrected chi connectivity index (χ2v) is 7.12. The van der Waals surface area contributed by atoms with Gasteiger partial charge in [-0.05, 0) is 54.8 Å². The molecule has 3 rings (SSSR count). The SMILES string of the molecule is O=C(O)c1cccc(CNCc2ccc(CN3CCCCCC3)cc2)c1. The smallest absolute Gasteiger partial charge is 0.335 e. The lowest BCUT2D eigenvalue weighted by molar-refractivity contribution is 0.0696. The van der Waals surface area contributed by atoms with Crippen LogP contribution in [0.1, 0.15) is 52.7 Å². The molecule has 0 saturated carbocycles. The van der Waals surface area contributed by atoms with Gasteiger partial charge in [0.2, 0.25) is 0 Å². The third-order valence-corrected chi connectivity index (χ3v) is 4.96. The molecule has 4 nitrogen and oxygen atoms in total. The van der Waals surface area contributed by atoms with E-state index in [0.29, 0.717) is 12.1 Å². The Bertz CT molecular complexity index is 704. The van der Waals surface area contributed by atoms with Crippen molar-refractivity contribution >= 4 is 5.97 Å². The number of nitrogens with zero attached hydrogens (tertiary/aromatic N) is 1. The third-order valence-electron chi connectivity index (χ3n) is 4.96. The number of hydrogen-bond acceptors (Lipinski definition) is 3. The van der Waals surface area contributed by atoms with Gasteiger partial charge in [0.1, 0.15) is 0 Å². The highest BCUT2D eigenvalue weighted by atomic mass is 16.4. The summed E-state index contributed by atoms with van der Waals surface area (Å²) >= 11 is 0. The van der Waals surface area contributed by atoms with Gasteiger partial charge in [0.15, 0.2) is 0 Å². The van der Waals surface area contributed by atoms with E-state index < -0.39 is 5.97 Å². The van der Waals surface area contributed by atoms with E-state index in [0.717, 1.165) is 18.7 Å². The molecule has 26 heavy (non-hydrogen) atoms. The second-order valence-electron chi connectivity index (χ2n) is 7.12. The van der Waals surface area contributed by atoms with Crippen molar-refractivity contribution in [2.24, 2.45) is 0 Å². The molecule has 2 aromatic rings. The molecule has 1 aliphatic heterocycles. The molecule has 138 valence electrons. The maximum Gasteiger partial charge on any atom is 0.335 e. The Balaban J connectivity index is 1.47. The molecular weight excluding hydrogens is 324 g/mol. The zero-order valence-corrected chi connectivity index (χ0v) is 15.3. The zero-order valence-electron chi connectivity index (χ0n) is 15.3. The summed E-state index contributed by atoms with van der Waals surface area (Å²) in [5, 5.41) is 12.4. The van der Waals surface area contributed by atoms with Crippen LogP contribution in [0.15, 0.2) is 48.5 Å². The van der Waals surface area contributed by atoms with Crippen molar-refractivity contribution in [2.75, 3.05) is 13.1 Å². The molecule has 0 unspecified atom stereocenters. The van der Waals surface area contributed by atoms with Crippen molar-refractivity contribution in [2.45, 2.75) is 45.3 Å². The molecule has 0 aliphatic carbocycles. The summed E-state index contributed by atoms with van der Waals surface area (Å²) in [6, 6.07) is 15.9. The molecule has 1 aliphatic rings. The maximum atomic E-state index is 11.0. The number of carbonyl (C=O) groups is 1. The first-order chi connectivity index (χ1) is 12.7. The zero-order chi connectivity index (χ0) is 18.2. The quantitative estimate of drug-likeness (QED) is 0.789. The topological polar surface area (TPSA) is 52.6 Å². The van der Waals surface area contributed by atoms with Gasteiger partial charge in [0, 0.05) is 19.6 Å². The Labute approximate surface area is 155 Å². The Morgan fingerprint density at radius 2 is 1.54 bits per heavy atom. The van der Waals surface area contributed by atoms with Gasteiger partial charge in [-0.3, -0.25) is 4.90 Å². The van der Waals surface area contributed by atoms with Crippen LogP contribution in [0.5, 0.6) is 0 Å². The van der Waals surface area contributed by atoms with Crippen LogP contribution in [0.4, 0.5) is 0 Å². The number of nitrogens with one attached hydrogen (secondary N) is 1. The van der Waals surface area contributed by atoms with Crippen molar-refractivity contribution in [3.8, 4) is 0 Å². The molecule has 0 radical (unpaired) electrons. The highest BCUT2D eigenvalue weighted by Gasteiger charge is 2.09. The summed E-state index contributed by atoms with van der Waals surface area (Å²) in [6.07, 6.45) is 5.39. The van der Waals surface area contributed by atoms with Crippen LogP contribution >= 0.6 is 0 Å². The lowest BCUT2D eigenvalue weighted by atomic mass is 10.1. The fraction of sp³-hybridized carbons (Fsp3) is 0.409. The first-order valence-corrected chi connectivity index (χ1v) is 9.54. The second kappa shape index (κ2) is 9.51. The predicted molar refractivity (Wildman–Crippen MR) is 104 cm³/mol. The molecular formula is C22H28N2O2. The Hall–Kier alpha value is -2.17. The van der Waals surface area contributed by atoms with Gasteiger partial charge in [-0.1, -0.05) is 49.2 Å². The number of rotatable bonds is 7. The number of hydrogen-bond donors (Lipinski definition) is 2. The fourth-order valence-corrected chi connectivity index (χ4v) is 3.48. The van der Waals surface area contributed by atoms with E-state index in [1.807, 2.05) is 6.07 Å². The Kier molecular flexibility index (Phi) is 6.81. The van der Waals surface area contributed by atoms with E-state index in [-0.39, 0.29) is 0 Å².